The number of nitrogens with zero attached hydrogens (tertiary/aromatic N) is 1. The molecule has 0 amide bonds. The number of aromatic nitrogens is 1. The Morgan fingerprint density at radius 2 is 2.05 bits per heavy atom. The first-order chi connectivity index (χ1) is 10.2. The van der Waals surface area contributed by atoms with Crippen molar-refractivity contribution in [1.82, 2.24) is 10.3 Å². The number of nitrogens with one attached hydrogen (secondary N) is 1. The maximum Gasteiger partial charge on any atom is 0.128 e. The molecular weight excluding hydrogens is 302 g/mol. The molecule has 0 bridgehead atoms. The van der Waals surface area contributed by atoms with Crippen LogP contribution in [0.4, 0.5) is 5.82 Å². The Balaban J connectivity index is 2.06. The standard InChI is InChI=1S/C16H20ClN3S/c1-2-9-19-15(14-4-3-10-20-16(14)18)11-21-13-7-5-12(17)6-8-13/h3-8,10,15,19H,2,9,11H2,1H3,(H2,18,20). The molecule has 0 spiro atoms. The first-order valence-electron chi connectivity index (χ1n) is 7.03. The summed E-state index contributed by atoms with van der Waals surface area (Å²) in [4.78, 5) is 5.38. The van der Waals surface area contributed by atoms with Gasteiger partial charge in [-0.15, -0.1) is 11.8 Å². The van der Waals surface area contributed by atoms with Crippen molar-refractivity contribution in [3.63, 3.8) is 0 Å². The minimum Gasteiger partial charge on any atom is -0.383 e. The van der Waals surface area contributed by atoms with Crippen LogP contribution in [0, 0.1) is 0 Å². The van der Waals surface area contributed by atoms with E-state index in [0.29, 0.717) is 5.82 Å². The topological polar surface area (TPSA) is 50.9 Å². The predicted molar refractivity (Wildman–Crippen MR) is 91.9 cm³/mol. The third kappa shape index (κ3) is 4.92. The third-order valence-corrected chi connectivity index (χ3v) is 4.48. The highest BCUT2D eigenvalue weighted by molar-refractivity contribution is 7.99. The van der Waals surface area contributed by atoms with Crippen LogP contribution in [0.15, 0.2) is 47.5 Å². The van der Waals surface area contributed by atoms with Crippen molar-refractivity contribution in [3.8, 4) is 0 Å². The van der Waals surface area contributed by atoms with Gasteiger partial charge in [-0.2, -0.15) is 0 Å². The van der Waals surface area contributed by atoms with E-state index >= 15 is 0 Å². The molecule has 0 saturated carbocycles. The van der Waals surface area contributed by atoms with Gasteiger partial charge in [-0.3, -0.25) is 0 Å². The molecule has 21 heavy (non-hydrogen) atoms. The van der Waals surface area contributed by atoms with Gasteiger partial charge in [0.15, 0.2) is 0 Å². The number of hydrogen-bond acceptors (Lipinski definition) is 4. The second-order valence-corrected chi connectivity index (χ2v) is 6.28. The van der Waals surface area contributed by atoms with Gasteiger partial charge in [0.25, 0.3) is 0 Å². The summed E-state index contributed by atoms with van der Waals surface area (Å²) in [5.74, 6) is 1.50. The molecule has 3 N–H and O–H groups in total. The number of thioether (sulfide) groups is 1. The zero-order valence-corrected chi connectivity index (χ0v) is 13.6. The third-order valence-electron chi connectivity index (χ3n) is 3.12. The van der Waals surface area contributed by atoms with E-state index in [1.54, 1.807) is 18.0 Å². The van der Waals surface area contributed by atoms with Crippen LogP contribution in [0.25, 0.3) is 0 Å². The Kier molecular flexibility index (Phi) is 6.36. The Labute approximate surface area is 135 Å². The summed E-state index contributed by atoms with van der Waals surface area (Å²) < 4.78 is 0. The number of rotatable bonds is 7. The van der Waals surface area contributed by atoms with Gasteiger partial charge in [0.2, 0.25) is 0 Å². The SMILES string of the molecule is CCCNC(CSc1ccc(Cl)cc1)c1cccnc1N. The molecule has 0 fully saturated rings. The number of nitrogens with two attached hydrogens (primary N) is 1. The fourth-order valence-corrected chi connectivity index (χ4v) is 3.12. The fourth-order valence-electron chi connectivity index (χ4n) is 2.01. The Hall–Kier alpha value is -1.23. The second-order valence-electron chi connectivity index (χ2n) is 4.75. The van der Waals surface area contributed by atoms with Crippen LogP contribution in [0.5, 0.6) is 0 Å². The fraction of sp³-hybridized carbons (Fsp3) is 0.312. The van der Waals surface area contributed by atoms with Crippen molar-refractivity contribution in [2.24, 2.45) is 0 Å². The molecule has 0 radical (unpaired) electrons. The van der Waals surface area contributed by atoms with E-state index in [-0.39, 0.29) is 6.04 Å². The molecule has 5 heteroatoms. The van der Waals surface area contributed by atoms with Crippen molar-refractivity contribution >= 4 is 29.2 Å². The van der Waals surface area contributed by atoms with Crippen LogP contribution >= 0.6 is 23.4 Å². The van der Waals surface area contributed by atoms with Gasteiger partial charge in [-0.1, -0.05) is 24.6 Å². The lowest BCUT2D eigenvalue weighted by molar-refractivity contribution is 0.577. The highest BCUT2D eigenvalue weighted by Gasteiger charge is 2.14. The van der Waals surface area contributed by atoms with E-state index in [4.69, 9.17) is 17.3 Å². The molecule has 1 unspecified atom stereocenters. The lowest BCUT2D eigenvalue weighted by atomic mass is 10.1. The Morgan fingerprint density at radius 1 is 1.29 bits per heavy atom. The van der Waals surface area contributed by atoms with Crippen LogP contribution < -0.4 is 11.1 Å². The van der Waals surface area contributed by atoms with E-state index < -0.39 is 0 Å². The van der Waals surface area contributed by atoms with Gasteiger partial charge in [-0.25, -0.2) is 4.98 Å². The highest BCUT2D eigenvalue weighted by atomic mass is 35.5. The van der Waals surface area contributed by atoms with Gasteiger partial charge in [-0.05, 0) is 43.3 Å². The van der Waals surface area contributed by atoms with E-state index in [1.165, 1.54) is 4.90 Å². The van der Waals surface area contributed by atoms with Gasteiger partial charge in [0.1, 0.15) is 5.82 Å². The van der Waals surface area contributed by atoms with E-state index in [9.17, 15) is 0 Å². The molecule has 1 aromatic heterocycles. The summed E-state index contributed by atoms with van der Waals surface area (Å²) in [7, 11) is 0. The number of anilines is 1. The zero-order chi connectivity index (χ0) is 15.1. The molecule has 1 heterocycles. The average Bonchev–Trinajstić information content (AvgIpc) is 2.50. The minimum absolute atomic E-state index is 0.194. The lowest BCUT2D eigenvalue weighted by Gasteiger charge is -2.19. The normalized spacial score (nSPS) is 12.3. The van der Waals surface area contributed by atoms with Crippen molar-refractivity contribution in [3.05, 3.63) is 53.2 Å². The molecule has 0 aliphatic carbocycles. The molecular formula is C16H20ClN3S. The van der Waals surface area contributed by atoms with E-state index in [1.807, 2.05) is 36.4 Å². The van der Waals surface area contributed by atoms with Crippen LogP contribution in [0.2, 0.25) is 5.02 Å². The van der Waals surface area contributed by atoms with Gasteiger partial charge in [0.05, 0.1) is 0 Å². The van der Waals surface area contributed by atoms with Gasteiger partial charge in [0, 0.05) is 33.5 Å². The van der Waals surface area contributed by atoms with Crippen molar-refractivity contribution in [2.75, 3.05) is 18.0 Å². The summed E-state index contributed by atoms with van der Waals surface area (Å²) in [5.41, 5.74) is 7.07. The average molecular weight is 322 g/mol. The molecule has 2 aromatic rings. The van der Waals surface area contributed by atoms with Crippen LogP contribution in [0.1, 0.15) is 24.9 Å². The molecule has 112 valence electrons. The number of pyridine rings is 1. The van der Waals surface area contributed by atoms with Crippen LogP contribution in [-0.4, -0.2) is 17.3 Å². The predicted octanol–water partition coefficient (Wildman–Crippen LogP) is 4.15. The molecule has 1 atom stereocenters. The Bertz CT molecular complexity index is 560. The van der Waals surface area contributed by atoms with E-state index in [0.717, 1.165) is 29.3 Å². The summed E-state index contributed by atoms with van der Waals surface area (Å²) >= 11 is 7.70. The molecule has 0 saturated heterocycles. The second kappa shape index (κ2) is 8.27. The molecule has 2 rings (SSSR count). The van der Waals surface area contributed by atoms with Crippen LogP contribution in [0.3, 0.4) is 0 Å². The summed E-state index contributed by atoms with van der Waals surface area (Å²) in [6.07, 6.45) is 2.81. The zero-order valence-electron chi connectivity index (χ0n) is 12.1. The van der Waals surface area contributed by atoms with Crippen molar-refractivity contribution < 1.29 is 0 Å². The molecule has 1 aromatic carbocycles. The lowest BCUT2D eigenvalue weighted by Crippen LogP contribution is -2.25. The first-order valence-corrected chi connectivity index (χ1v) is 8.39. The quantitative estimate of drug-likeness (QED) is 0.752. The largest absolute Gasteiger partial charge is 0.383 e. The van der Waals surface area contributed by atoms with Gasteiger partial charge < -0.3 is 11.1 Å². The van der Waals surface area contributed by atoms with Crippen molar-refractivity contribution in [1.29, 1.82) is 0 Å². The van der Waals surface area contributed by atoms with E-state index in [2.05, 4.69) is 17.2 Å². The van der Waals surface area contributed by atoms with Crippen LogP contribution in [-0.2, 0) is 0 Å². The monoisotopic (exact) mass is 321 g/mol. The minimum atomic E-state index is 0.194. The molecule has 0 aliphatic rings. The smallest absolute Gasteiger partial charge is 0.128 e. The maximum atomic E-state index is 6.00. The summed E-state index contributed by atoms with van der Waals surface area (Å²) in [5, 5.41) is 4.30. The maximum absolute atomic E-state index is 6.00. The molecule has 3 nitrogen and oxygen atoms in total. The highest BCUT2D eigenvalue weighted by Crippen LogP contribution is 2.27. The number of halogens is 1. The Morgan fingerprint density at radius 3 is 2.71 bits per heavy atom. The first kappa shape index (κ1) is 16.1. The number of hydrogen-bond donors (Lipinski definition) is 2. The number of benzene rings is 1. The molecule has 0 aliphatic heterocycles. The van der Waals surface area contributed by atoms with Gasteiger partial charge >= 0.3 is 0 Å². The summed E-state index contributed by atoms with van der Waals surface area (Å²) in [6, 6.07) is 12.1. The van der Waals surface area contributed by atoms with Crippen molar-refractivity contribution in [2.45, 2.75) is 24.3 Å². The summed E-state index contributed by atoms with van der Waals surface area (Å²) in [6.45, 7) is 3.11. The number of nitrogen functional groups attached to an aromatic ring is 1.